The number of hydrogen-bond donors (Lipinski definition) is 3. The molecule has 0 aromatic carbocycles. The third-order valence-electron chi connectivity index (χ3n) is 5.74. The highest BCUT2D eigenvalue weighted by molar-refractivity contribution is 7.14. The summed E-state index contributed by atoms with van der Waals surface area (Å²) in [5.74, 6) is 1.80. The lowest BCUT2D eigenvalue weighted by Gasteiger charge is -2.30. The summed E-state index contributed by atoms with van der Waals surface area (Å²) in [6, 6.07) is 4.30. The summed E-state index contributed by atoms with van der Waals surface area (Å²) in [4.78, 5) is 23.9. The van der Waals surface area contributed by atoms with Crippen LogP contribution in [-0.4, -0.2) is 42.2 Å². The Labute approximate surface area is 176 Å². The average molecular weight is 415 g/mol. The van der Waals surface area contributed by atoms with E-state index in [1.54, 1.807) is 0 Å². The number of amides is 2. The molecule has 2 amide bonds. The van der Waals surface area contributed by atoms with Crippen LogP contribution in [0.5, 0.6) is 0 Å². The van der Waals surface area contributed by atoms with Crippen molar-refractivity contribution in [3.8, 4) is 0 Å². The van der Waals surface area contributed by atoms with Crippen LogP contribution in [0.3, 0.4) is 0 Å². The topological polar surface area (TPSA) is 82.2 Å². The fourth-order valence-electron chi connectivity index (χ4n) is 4.26. The largest absolute Gasteiger partial charge is 0.362 e. The van der Waals surface area contributed by atoms with Crippen molar-refractivity contribution in [1.29, 1.82) is 0 Å². The van der Waals surface area contributed by atoms with Crippen molar-refractivity contribution in [1.82, 2.24) is 15.3 Å². The van der Waals surface area contributed by atoms with Crippen LogP contribution in [-0.2, 0) is 12.8 Å². The van der Waals surface area contributed by atoms with Crippen molar-refractivity contribution in [2.45, 2.75) is 63.5 Å². The van der Waals surface area contributed by atoms with E-state index in [0.29, 0.717) is 6.04 Å². The maximum Gasteiger partial charge on any atom is 0.320 e. The Kier molecular flexibility index (Phi) is 6.18. The fraction of sp³-hybridized carbons (Fsp3) is 0.571. The Morgan fingerprint density at radius 3 is 2.59 bits per heavy atom. The van der Waals surface area contributed by atoms with Gasteiger partial charge in [-0.15, -0.1) is 11.3 Å². The molecule has 0 saturated heterocycles. The van der Waals surface area contributed by atoms with Crippen molar-refractivity contribution in [2.75, 3.05) is 29.6 Å². The number of aryl methyl sites for hydroxylation is 1. The molecule has 2 aliphatic rings. The van der Waals surface area contributed by atoms with E-state index in [1.165, 1.54) is 35.4 Å². The molecule has 29 heavy (non-hydrogen) atoms. The molecule has 2 heterocycles. The second kappa shape index (κ2) is 8.98. The van der Waals surface area contributed by atoms with Gasteiger partial charge in [0.1, 0.15) is 5.82 Å². The van der Waals surface area contributed by atoms with Crippen LogP contribution in [0, 0.1) is 0 Å². The molecule has 3 N–H and O–H groups in total. The maximum absolute atomic E-state index is 12.1. The van der Waals surface area contributed by atoms with E-state index < -0.39 is 0 Å². The fourth-order valence-corrected chi connectivity index (χ4v) is 4.87. The number of carbonyl (C=O) groups is 1. The van der Waals surface area contributed by atoms with Crippen molar-refractivity contribution in [3.05, 3.63) is 28.8 Å². The minimum atomic E-state index is -0.113. The van der Waals surface area contributed by atoms with Gasteiger partial charge in [-0.1, -0.05) is 0 Å². The molecule has 0 spiro atoms. The van der Waals surface area contributed by atoms with Gasteiger partial charge >= 0.3 is 6.03 Å². The second-order valence-electron chi connectivity index (χ2n) is 8.17. The molecule has 7 nitrogen and oxygen atoms in total. The van der Waals surface area contributed by atoms with E-state index in [-0.39, 0.29) is 12.1 Å². The predicted octanol–water partition coefficient (Wildman–Crippen LogP) is 4.03. The molecule has 0 bridgehead atoms. The summed E-state index contributed by atoms with van der Waals surface area (Å²) in [6.07, 6.45) is 8.48. The first kappa shape index (κ1) is 19.9. The number of fused-ring (bicyclic) bond motifs is 1. The number of urea groups is 1. The lowest BCUT2D eigenvalue weighted by atomic mass is 9.91. The smallest absolute Gasteiger partial charge is 0.320 e. The summed E-state index contributed by atoms with van der Waals surface area (Å²) < 4.78 is 0. The third kappa shape index (κ3) is 4.98. The zero-order valence-electron chi connectivity index (χ0n) is 17.2. The van der Waals surface area contributed by atoms with Gasteiger partial charge in [0.15, 0.2) is 0 Å². The van der Waals surface area contributed by atoms with Crippen LogP contribution in [0.15, 0.2) is 17.5 Å². The number of hydrogen-bond acceptors (Lipinski definition) is 6. The highest BCUT2D eigenvalue weighted by atomic mass is 32.1. The minimum Gasteiger partial charge on any atom is -0.362 e. The van der Waals surface area contributed by atoms with Gasteiger partial charge in [-0.05, 0) is 68.9 Å². The van der Waals surface area contributed by atoms with Gasteiger partial charge < -0.3 is 15.5 Å². The van der Waals surface area contributed by atoms with Gasteiger partial charge in [-0.2, -0.15) is 4.98 Å². The molecule has 0 radical (unpaired) electrons. The molecule has 8 heteroatoms. The highest BCUT2D eigenvalue weighted by Crippen LogP contribution is 2.29. The van der Waals surface area contributed by atoms with Gasteiger partial charge in [0.25, 0.3) is 0 Å². The highest BCUT2D eigenvalue weighted by Gasteiger charge is 2.24. The molecule has 1 saturated carbocycles. The lowest BCUT2D eigenvalue weighted by Crippen LogP contribution is -2.42. The number of nitrogens with one attached hydrogen (secondary N) is 3. The Morgan fingerprint density at radius 2 is 1.86 bits per heavy atom. The molecule has 2 aromatic rings. The van der Waals surface area contributed by atoms with Gasteiger partial charge in [-0.3, -0.25) is 5.32 Å². The second-order valence-corrected chi connectivity index (χ2v) is 9.11. The van der Waals surface area contributed by atoms with Crippen LogP contribution in [0.4, 0.5) is 21.6 Å². The quantitative estimate of drug-likeness (QED) is 0.688. The third-order valence-corrected chi connectivity index (χ3v) is 6.52. The molecular formula is C21H30N6OS. The predicted molar refractivity (Wildman–Crippen MR) is 119 cm³/mol. The summed E-state index contributed by atoms with van der Waals surface area (Å²) in [7, 11) is 4.11. The minimum absolute atomic E-state index is 0.113. The standard InChI is InChI=1S/C21H30N6OS/c1-27(2)19-16-6-3-4-7-17(16)24-20(26-19)22-14-9-11-15(12-10-14)23-21(28)25-18-8-5-13-29-18/h5,8,13-15H,3-4,6-7,9-12H2,1-2H3,(H,22,24,26)(H2,23,25,28). The number of nitrogens with zero attached hydrogens (tertiary/aromatic N) is 3. The number of thiophene rings is 1. The van der Waals surface area contributed by atoms with Crippen molar-refractivity contribution < 1.29 is 4.79 Å². The zero-order valence-corrected chi connectivity index (χ0v) is 18.0. The first-order chi connectivity index (χ1) is 14.1. The Hall–Kier alpha value is -2.35. The van der Waals surface area contributed by atoms with Crippen LogP contribution in [0.2, 0.25) is 0 Å². The van der Waals surface area contributed by atoms with E-state index in [9.17, 15) is 4.79 Å². The SMILES string of the molecule is CN(C)c1nc(NC2CCC(NC(=O)Nc3cccs3)CC2)nc2c1CCCC2. The number of carbonyl (C=O) groups excluding carboxylic acids is 1. The maximum atomic E-state index is 12.1. The van der Waals surface area contributed by atoms with Crippen LogP contribution < -0.4 is 20.9 Å². The molecule has 0 unspecified atom stereocenters. The van der Waals surface area contributed by atoms with E-state index in [4.69, 9.17) is 9.97 Å². The zero-order chi connectivity index (χ0) is 20.2. The number of rotatable bonds is 5. The van der Waals surface area contributed by atoms with Crippen LogP contribution >= 0.6 is 11.3 Å². The molecule has 2 aromatic heterocycles. The van der Waals surface area contributed by atoms with Gasteiger partial charge in [-0.25, -0.2) is 9.78 Å². The van der Waals surface area contributed by atoms with Crippen molar-refractivity contribution >= 4 is 34.1 Å². The average Bonchev–Trinajstić information content (AvgIpc) is 3.21. The van der Waals surface area contributed by atoms with Crippen molar-refractivity contribution in [2.24, 2.45) is 0 Å². The molecule has 2 aliphatic carbocycles. The summed E-state index contributed by atoms with van der Waals surface area (Å²) in [5.41, 5.74) is 2.52. The molecule has 0 aliphatic heterocycles. The molecule has 156 valence electrons. The van der Waals surface area contributed by atoms with Crippen LogP contribution in [0.25, 0.3) is 0 Å². The number of anilines is 3. The van der Waals surface area contributed by atoms with E-state index in [2.05, 4.69) is 34.9 Å². The lowest BCUT2D eigenvalue weighted by molar-refractivity contribution is 0.243. The molecule has 0 atom stereocenters. The Bertz CT molecular complexity index is 830. The van der Waals surface area contributed by atoms with Gasteiger partial charge in [0.2, 0.25) is 5.95 Å². The van der Waals surface area contributed by atoms with Gasteiger partial charge in [0.05, 0.1) is 10.7 Å². The monoisotopic (exact) mass is 414 g/mol. The normalized spacial score (nSPS) is 21.2. The number of aromatic nitrogens is 2. The van der Waals surface area contributed by atoms with Gasteiger partial charge in [0, 0.05) is 31.7 Å². The van der Waals surface area contributed by atoms with Crippen LogP contribution in [0.1, 0.15) is 49.8 Å². The Balaban J connectivity index is 1.31. The Morgan fingerprint density at radius 1 is 1.10 bits per heavy atom. The molecule has 4 rings (SSSR count). The van der Waals surface area contributed by atoms with E-state index in [1.807, 2.05) is 17.5 Å². The first-order valence-corrected chi connectivity index (χ1v) is 11.4. The molecular weight excluding hydrogens is 384 g/mol. The first-order valence-electron chi connectivity index (χ1n) is 10.5. The molecule has 1 fully saturated rings. The van der Waals surface area contributed by atoms with E-state index >= 15 is 0 Å². The van der Waals surface area contributed by atoms with E-state index in [0.717, 1.165) is 55.3 Å². The summed E-state index contributed by atoms with van der Waals surface area (Å²) >= 11 is 1.53. The van der Waals surface area contributed by atoms with Crippen molar-refractivity contribution in [3.63, 3.8) is 0 Å². The summed E-state index contributed by atoms with van der Waals surface area (Å²) in [6.45, 7) is 0. The summed E-state index contributed by atoms with van der Waals surface area (Å²) in [5, 5.41) is 12.4.